The van der Waals surface area contributed by atoms with Crippen LogP contribution < -0.4 is 9.47 Å². The second-order valence-electron chi connectivity index (χ2n) is 8.87. The molecule has 0 bridgehead atoms. The number of aromatic nitrogens is 1. The second kappa shape index (κ2) is 9.33. The van der Waals surface area contributed by atoms with Crippen LogP contribution in [0.15, 0.2) is 60.7 Å². The molecule has 2 aliphatic rings. The van der Waals surface area contributed by atoms with Crippen LogP contribution in [0.2, 0.25) is 0 Å². The van der Waals surface area contributed by atoms with Crippen LogP contribution in [0.1, 0.15) is 27.3 Å². The van der Waals surface area contributed by atoms with E-state index in [4.69, 9.17) is 9.47 Å². The molecule has 0 unspecified atom stereocenters. The first kappa shape index (κ1) is 23.3. The number of amides is 4. The molecule has 184 valence electrons. The quantitative estimate of drug-likeness (QED) is 0.289. The van der Waals surface area contributed by atoms with Crippen LogP contribution >= 0.6 is 0 Å². The summed E-state index contributed by atoms with van der Waals surface area (Å²) >= 11 is 0. The van der Waals surface area contributed by atoms with Crippen molar-refractivity contribution >= 4 is 23.6 Å². The summed E-state index contributed by atoms with van der Waals surface area (Å²) in [5, 5.41) is 0. The average molecular weight is 488 g/mol. The molecule has 3 aromatic rings. The molecular weight excluding hydrogens is 462 g/mol. The molecule has 1 fully saturated rings. The molecule has 9 nitrogen and oxygen atoms in total. The van der Waals surface area contributed by atoms with Gasteiger partial charge in [0.05, 0.1) is 19.6 Å². The molecule has 4 amide bonds. The summed E-state index contributed by atoms with van der Waals surface area (Å²) < 4.78 is 13.8. The number of urea groups is 1. The number of rotatable bonds is 7. The maximum absolute atomic E-state index is 13.2. The first-order valence-electron chi connectivity index (χ1n) is 11.6. The molecule has 2 aromatic carbocycles. The fraction of sp³-hybridized carbons (Fsp3) is 0.259. The van der Waals surface area contributed by atoms with E-state index in [2.05, 4.69) is 0 Å². The first-order chi connectivity index (χ1) is 17.3. The Morgan fingerprint density at radius 3 is 2.33 bits per heavy atom. The third kappa shape index (κ3) is 4.24. The van der Waals surface area contributed by atoms with E-state index < -0.39 is 30.2 Å². The van der Waals surface area contributed by atoms with Gasteiger partial charge in [0.1, 0.15) is 6.61 Å². The monoisotopic (exact) mass is 487 g/mol. The molecular formula is C27H25N3O6. The fourth-order valence-corrected chi connectivity index (χ4v) is 4.55. The van der Waals surface area contributed by atoms with Gasteiger partial charge in [0.25, 0.3) is 0 Å². The number of carbonyl (C=O) groups excluding carboxylic acids is 4. The predicted octanol–water partition coefficient (Wildman–Crippen LogP) is 3.12. The first-order valence-corrected chi connectivity index (χ1v) is 11.6. The van der Waals surface area contributed by atoms with E-state index in [-0.39, 0.29) is 12.6 Å². The Bertz CT molecular complexity index is 1360. The van der Waals surface area contributed by atoms with Gasteiger partial charge in [-0.25, -0.2) is 9.69 Å². The molecule has 36 heavy (non-hydrogen) atoms. The standard InChI is InChI=1S/C27H25N3O6/c1-17-12-21(18(2)28(17)14-20-16-35-23-10-6-7-11-24(23)36-20)22(31)15-30-26(33)25(32)29(27(30)34)13-19-8-4-3-5-9-19/h3-12,20H,13-16H2,1-2H3/t20-/m0/s1. The van der Waals surface area contributed by atoms with Crippen molar-refractivity contribution in [3.8, 4) is 11.5 Å². The lowest BCUT2D eigenvalue weighted by Gasteiger charge is -2.27. The Labute approximate surface area is 207 Å². The van der Waals surface area contributed by atoms with Gasteiger partial charge in [-0.2, -0.15) is 0 Å². The van der Waals surface area contributed by atoms with Crippen LogP contribution in [-0.4, -0.2) is 57.3 Å². The topological polar surface area (TPSA) is 98.2 Å². The van der Waals surface area contributed by atoms with Gasteiger partial charge in [0.15, 0.2) is 23.4 Å². The highest BCUT2D eigenvalue weighted by molar-refractivity contribution is 6.45. The van der Waals surface area contributed by atoms with Gasteiger partial charge in [0.2, 0.25) is 0 Å². The summed E-state index contributed by atoms with van der Waals surface area (Å²) in [5.41, 5.74) is 2.62. The van der Waals surface area contributed by atoms with Crippen molar-refractivity contribution in [3.05, 3.63) is 83.2 Å². The summed E-state index contributed by atoms with van der Waals surface area (Å²) in [7, 11) is 0. The lowest BCUT2D eigenvalue weighted by molar-refractivity contribution is -0.143. The zero-order chi connectivity index (χ0) is 25.4. The molecule has 0 radical (unpaired) electrons. The summed E-state index contributed by atoms with van der Waals surface area (Å²) in [6.45, 7) is 3.97. The second-order valence-corrected chi connectivity index (χ2v) is 8.87. The molecule has 0 spiro atoms. The fourth-order valence-electron chi connectivity index (χ4n) is 4.55. The van der Waals surface area contributed by atoms with Gasteiger partial charge in [0, 0.05) is 17.0 Å². The van der Waals surface area contributed by atoms with E-state index >= 15 is 0 Å². The maximum Gasteiger partial charge on any atom is 0.334 e. The van der Waals surface area contributed by atoms with Crippen molar-refractivity contribution in [1.29, 1.82) is 0 Å². The summed E-state index contributed by atoms with van der Waals surface area (Å²) in [6, 6.07) is 17.3. The Morgan fingerprint density at radius 1 is 0.917 bits per heavy atom. The number of benzene rings is 2. The van der Waals surface area contributed by atoms with Crippen LogP contribution in [0.4, 0.5) is 4.79 Å². The molecule has 3 heterocycles. The number of ketones is 1. The molecule has 2 aliphatic heterocycles. The molecule has 1 aromatic heterocycles. The van der Waals surface area contributed by atoms with E-state index in [1.165, 1.54) is 0 Å². The van der Waals surface area contributed by atoms with Crippen molar-refractivity contribution in [2.45, 2.75) is 33.0 Å². The lowest BCUT2D eigenvalue weighted by atomic mass is 10.1. The van der Waals surface area contributed by atoms with Crippen LogP contribution in [0.5, 0.6) is 11.5 Å². The number of fused-ring (bicyclic) bond motifs is 1. The number of nitrogens with zero attached hydrogens (tertiary/aromatic N) is 3. The lowest BCUT2D eigenvalue weighted by Crippen LogP contribution is -2.37. The van der Waals surface area contributed by atoms with E-state index in [0.717, 1.165) is 15.5 Å². The Morgan fingerprint density at radius 2 is 1.58 bits per heavy atom. The normalized spacial score (nSPS) is 17.2. The van der Waals surface area contributed by atoms with Crippen LogP contribution in [-0.2, 0) is 22.7 Å². The third-order valence-electron chi connectivity index (χ3n) is 6.45. The maximum atomic E-state index is 13.2. The predicted molar refractivity (Wildman–Crippen MR) is 129 cm³/mol. The van der Waals surface area contributed by atoms with Gasteiger partial charge < -0.3 is 14.0 Å². The Hall–Kier alpha value is -4.40. The number of ether oxygens (including phenoxy) is 2. The molecule has 0 N–H and O–H groups in total. The number of para-hydroxylation sites is 2. The zero-order valence-corrected chi connectivity index (χ0v) is 20.0. The van der Waals surface area contributed by atoms with E-state index in [1.807, 2.05) is 41.8 Å². The molecule has 0 saturated carbocycles. The number of carbonyl (C=O) groups is 4. The number of imide groups is 2. The van der Waals surface area contributed by atoms with Gasteiger partial charge in [-0.15, -0.1) is 0 Å². The minimum atomic E-state index is -0.996. The SMILES string of the molecule is Cc1cc(C(=O)CN2C(=O)C(=O)N(Cc3ccccc3)C2=O)c(C)n1C[C@H]1COc2ccccc2O1. The van der Waals surface area contributed by atoms with E-state index in [1.54, 1.807) is 37.3 Å². The van der Waals surface area contributed by atoms with Crippen molar-refractivity contribution in [1.82, 2.24) is 14.4 Å². The number of Topliss-reactive ketones (excluding diaryl/α,β-unsaturated/α-hetero) is 1. The number of hydrogen-bond donors (Lipinski definition) is 0. The van der Waals surface area contributed by atoms with Crippen molar-refractivity contribution in [3.63, 3.8) is 0 Å². The highest BCUT2D eigenvalue weighted by Gasteiger charge is 2.45. The third-order valence-corrected chi connectivity index (χ3v) is 6.45. The average Bonchev–Trinajstić information content (AvgIpc) is 3.27. The Kier molecular flexibility index (Phi) is 6.05. The highest BCUT2D eigenvalue weighted by atomic mass is 16.6. The highest BCUT2D eigenvalue weighted by Crippen LogP contribution is 2.31. The van der Waals surface area contributed by atoms with Crippen LogP contribution in [0.25, 0.3) is 0 Å². The summed E-state index contributed by atoms with van der Waals surface area (Å²) in [4.78, 5) is 52.6. The van der Waals surface area contributed by atoms with Crippen molar-refractivity contribution in [2.24, 2.45) is 0 Å². The van der Waals surface area contributed by atoms with Crippen molar-refractivity contribution in [2.75, 3.05) is 13.2 Å². The van der Waals surface area contributed by atoms with Gasteiger partial charge in [-0.05, 0) is 37.6 Å². The van der Waals surface area contributed by atoms with E-state index in [9.17, 15) is 19.2 Å². The van der Waals surface area contributed by atoms with Gasteiger partial charge in [-0.1, -0.05) is 42.5 Å². The van der Waals surface area contributed by atoms with Crippen molar-refractivity contribution < 1.29 is 28.7 Å². The van der Waals surface area contributed by atoms with Crippen LogP contribution in [0, 0.1) is 13.8 Å². The molecule has 5 rings (SSSR count). The minimum absolute atomic E-state index is 0.0317. The Balaban J connectivity index is 1.29. The summed E-state index contributed by atoms with van der Waals surface area (Å²) in [5.74, 6) is -0.984. The van der Waals surface area contributed by atoms with Gasteiger partial charge in [-0.3, -0.25) is 19.3 Å². The van der Waals surface area contributed by atoms with Crippen LogP contribution in [0.3, 0.4) is 0 Å². The van der Waals surface area contributed by atoms with E-state index in [0.29, 0.717) is 41.5 Å². The number of aryl methyl sites for hydroxylation is 1. The molecule has 1 atom stereocenters. The minimum Gasteiger partial charge on any atom is -0.486 e. The molecule has 0 aliphatic carbocycles. The number of hydrogen-bond acceptors (Lipinski definition) is 6. The smallest absolute Gasteiger partial charge is 0.334 e. The largest absolute Gasteiger partial charge is 0.486 e. The summed E-state index contributed by atoms with van der Waals surface area (Å²) in [6.07, 6.45) is -0.251. The zero-order valence-electron chi connectivity index (χ0n) is 20.0. The molecule has 1 saturated heterocycles. The van der Waals surface area contributed by atoms with Gasteiger partial charge >= 0.3 is 17.8 Å². The molecule has 9 heteroatoms.